The molecule has 0 spiro atoms. The van der Waals surface area contributed by atoms with Gasteiger partial charge in [-0.25, -0.2) is 0 Å². The lowest BCUT2D eigenvalue weighted by atomic mass is 10.0. The van der Waals surface area contributed by atoms with E-state index < -0.39 is 18.2 Å². The predicted molar refractivity (Wildman–Crippen MR) is 296 cm³/mol. The second-order valence-corrected chi connectivity index (χ2v) is 20.0. The van der Waals surface area contributed by atoms with Crippen LogP contribution in [0.3, 0.4) is 0 Å². The standard InChI is InChI=1S/C62H113NO5/c1-4-7-10-13-16-19-22-25-28-30-32-34-37-40-43-46-49-52-55-62(67)68-58(53-50-47-44-41-38-35-27-24-21-18-15-12-9-6-3)56-61(66)63-59(57-64)60(65)54-51-48-45-42-39-36-33-31-29-26-23-20-17-14-11-8-5-2/h9,12,18,21,27-28,30,32,34-35,58-60,64-65H,4-8,10-11,13-17,19-20,22-26,29,31,33,36-57H2,1-3H3,(H,63,66)/b12-9+,21-18+,30-28+,34-32+,35-27+. The van der Waals surface area contributed by atoms with Gasteiger partial charge in [0.1, 0.15) is 6.10 Å². The first kappa shape index (κ1) is 65.6. The third kappa shape index (κ3) is 50.0. The Bertz CT molecular complexity index is 1210. The monoisotopic (exact) mass is 952 g/mol. The number of aliphatic hydroxyl groups excluding tert-OH is 2. The van der Waals surface area contributed by atoms with Gasteiger partial charge in [-0.1, -0.05) is 261 Å². The van der Waals surface area contributed by atoms with Gasteiger partial charge in [0.05, 0.1) is 25.2 Å². The molecule has 0 aromatic carbocycles. The summed E-state index contributed by atoms with van der Waals surface area (Å²) in [6.07, 6.45) is 70.0. The molecule has 0 rings (SSSR count). The van der Waals surface area contributed by atoms with Crippen LogP contribution in [0, 0.1) is 0 Å². The van der Waals surface area contributed by atoms with Gasteiger partial charge in [0.25, 0.3) is 0 Å². The molecule has 0 aromatic heterocycles. The summed E-state index contributed by atoms with van der Waals surface area (Å²) in [5.41, 5.74) is 0. The fourth-order valence-corrected chi connectivity index (χ4v) is 8.91. The normalized spacial score (nSPS) is 13.5. The molecule has 6 heteroatoms. The number of carbonyl (C=O) groups is 2. The lowest BCUT2D eigenvalue weighted by molar-refractivity contribution is -0.151. The Hall–Kier alpha value is -2.44. The molecule has 0 fully saturated rings. The third-order valence-electron chi connectivity index (χ3n) is 13.4. The van der Waals surface area contributed by atoms with Crippen LogP contribution >= 0.6 is 0 Å². The highest BCUT2D eigenvalue weighted by atomic mass is 16.5. The average Bonchev–Trinajstić information content (AvgIpc) is 3.33. The van der Waals surface area contributed by atoms with Crippen molar-refractivity contribution in [1.82, 2.24) is 5.32 Å². The number of carbonyl (C=O) groups excluding carboxylic acids is 2. The number of hydrogen-bond donors (Lipinski definition) is 3. The summed E-state index contributed by atoms with van der Waals surface area (Å²) in [5.74, 6) is -0.506. The molecule has 396 valence electrons. The zero-order valence-electron chi connectivity index (χ0n) is 45.2. The maximum atomic E-state index is 13.3. The number of rotatable bonds is 53. The molecule has 0 aliphatic carbocycles. The van der Waals surface area contributed by atoms with Gasteiger partial charge in [-0.05, 0) is 83.5 Å². The van der Waals surface area contributed by atoms with Gasteiger partial charge in [-0.15, -0.1) is 0 Å². The van der Waals surface area contributed by atoms with Crippen LogP contribution < -0.4 is 5.32 Å². The van der Waals surface area contributed by atoms with Crippen molar-refractivity contribution >= 4 is 11.9 Å². The minimum absolute atomic E-state index is 0.0560. The minimum Gasteiger partial charge on any atom is -0.462 e. The molecular formula is C62H113NO5. The lowest BCUT2D eigenvalue weighted by Gasteiger charge is -2.24. The molecule has 3 atom stereocenters. The molecule has 0 aliphatic rings. The fourth-order valence-electron chi connectivity index (χ4n) is 8.91. The van der Waals surface area contributed by atoms with Gasteiger partial charge in [0, 0.05) is 6.42 Å². The van der Waals surface area contributed by atoms with E-state index in [0.717, 1.165) is 109 Å². The van der Waals surface area contributed by atoms with E-state index in [9.17, 15) is 19.8 Å². The van der Waals surface area contributed by atoms with Crippen LogP contribution in [0.2, 0.25) is 0 Å². The van der Waals surface area contributed by atoms with E-state index in [1.807, 2.05) is 0 Å². The van der Waals surface area contributed by atoms with Crippen molar-refractivity contribution in [2.24, 2.45) is 0 Å². The van der Waals surface area contributed by atoms with Crippen LogP contribution in [0.15, 0.2) is 60.8 Å². The van der Waals surface area contributed by atoms with Gasteiger partial charge in [0.15, 0.2) is 0 Å². The van der Waals surface area contributed by atoms with E-state index in [2.05, 4.69) is 86.8 Å². The summed E-state index contributed by atoms with van der Waals surface area (Å²) in [5, 5.41) is 23.9. The molecular weight excluding hydrogens is 839 g/mol. The van der Waals surface area contributed by atoms with Crippen LogP contribution in [0.4, 0.5) is 0 Å². The largest absolute Gasteiger partial charge is 0.462 e. The van der Waals surface area contributed by atoms with Crippen LogP contribution in [-0.4, -0.2) is 46.9 Å². The van der Waals surface area contributed by atoms with Crippen LogP contribution in [0.25, 0.3) is 0 Å². The van der Waals surface area contributed by atoms with Crippen molar-refractivity contribution in [2.45, 2.75) is 315 Å². The molecule has 3 unspecified atom stereocenters. The first-order valence-electron chi connectivity index (χ1n) is 29.5. The molecule has 3 N–H and O–H groups in total. The molecule has 0 radical (unpaired) electrons. The van der Waals surface area contributed by atoms with E-state index in [1.54, 1.807) is 0 Å². The number of amides is 1. The Morgan fingerprint density at radius 2 is 0.838 bits per heavy atom. The Kier molecular flexibility index (Phi) is 53.5. The molecule has 0 aliphatic heterocycles. The maximum absolute atomic E-state index is 13.3. The third-order valence-corrected chi connectivity index (χ3v) is 13.4. The van der Waals surface area contributed by atoms with Gasteiger partial charge in [-0.3, -0.25) is 9.59 Å². The zero-order valence-corrected chi connectivity index (χ0v) is 45.2. The van der Waals surface area contributed by atoms with Crippen LogP contribution in [-0.2, 0) is 14.3 Å². The fraction of sp³-hybridized carbons (Fsp3) is 0.806. The molecule has 68 heavy (non-hydrogen) atoms. The molecule has 0 aromatic rings. The molecule has 0 heterocycles. The number of nitrogens with one attached hydrogen (secondary N) is 1. The van der Waals surface area contributed by atoms with Crippen LogP contribution in [0.1, 0.15) is 297 Å². The molecule has 0 saturated carbocycles. The van der Waals surface area contributed by atoms with Gasteiger partial charge in [0.2, 0.25) is 5.91 Å². The molecule has 6 nitrogen and oxygen atoms in total. The van der Waals surface area contributed by atoms with Gasteiger partial charge < -0.3 is 20.3 Å². The second kappa shape index (κ2) is 55.5. The summed E-state index contributed by atoms with van der Waals surface area (Å²) in [7, 11) is 0. The average molecular weight is 953 g/mol. The number of ether oxygens (including phenoxy) is 1. The Balaban J connectivity index is 4.56. The van der Waals surface area contributed by atoms with E-state index in [-0.39, 0.29) is 24.9 Å². The highest BCUT2D eigenvalue weighted by Gasteiger charge is 2.24. The summed E-state index contributed by atoms with van der Waals surface area (Å²) >= 11 is 0. The summed E-state index contributed by atoms with van der Waals surface area (Å²) in [6, 6.07) is -0.715. The summed E-state index contributed by atoms with van der Waals surface area (Å²) in [6.45, 7) is 6.39. The van der Waals surface area contributed by atoms with E-state index in [0.29, 0.717) is 19.3 Å². The predicted octanol–water partition coefficient (Wildman–Crippen LogP) is 18.4. The van der Waals surface area contributed by atoms with E-state index in [1.165, 1.54) is 141 Å². The molecule has 1 amide bonds. The maximum Gasteiger partial charge on any atom is 0.306 e. The van der Waals surface area contributed by atoms with Crippen molar-refractivity contribution in [3.05, 3.63) is 60.8 Å². The van der Waals surface area contributed by atoms with Crippen molar-refractivity contribution < 1.29 is 24.5 Å². The first-order chi connectivity index (χ1) is 33.5. The highest BCUT2D eigenvalue weighted by molar-refractivity contribution is 5.77. The van der Waals surface area contributed by atoms with E-state index in [4.69, 9.17) is 4.74 Å². The highest BCUT2D eigenvalue weighted by Crippen LogP contribution is 2.18. The van der Waals surface area contributed by atoms with Crippen LogP contribution in [0.5, 0.6) is 0 Å². The van der Waals surface area contributed by atoms with Gasteiger partial charge >= 0.3 is 5.97 Å². The quantitative estimate of drug-likeness (QED) is 0.0244. The minimum atomic E-state index is -0.799. The first-order valence-corrected chi connectivity index (χ1v) is 29.5. The van der Waals surface area contributed by atoms with Gasteiger partial charge in [-0.2, -0.15) is 0 Å². The molecule has 0 bridgehead atoms. The number of unbranched alkanes of at least 4 members (excludes halogenated alkanes) is 32. The topological polar surface area (TPSA) is 95.9 Å². The van der Waals surface area contributed by atoms with E-state index >= 15 is 0 Å². The zero-order chi connectivity index (χ0) is 49.5. The smallest absolute Gasteiger partial charge is 0.306 e. The lowest BCUT2D eigenvalue weighted by Crippen LogP contribution is -2.46. The number of allylic oxidation sites excluding steroid dienone is 10. The SMILES string of the molecule is CC/C=C/C/C=C/C/C=C/CCCCCCC(CC(=O)NC(CO)C(O)CCCCCCCCCCCCCCCCCCC)OC(=O)CCCCCCC/C=C/C=C/CCCCCCCCC. The molecule has 0 saturated heterocycles. The Labute approximate surface area is 422 Å². The number of aliphatic hydroxyl groups is 2. The van der Waals surface area contributed by atoms with Crippen molar-refractivity contribution in [2.75, 3.05) is 6.61 Å². The Morgan fingerprint density at radius 3 is 1.29 bits per heavy atom. The second-order valence-electron chi connectivity index (χ2n) is 20.0. The summed E-state index contributed by atoms with van der Waals surface area (Å²) in [4.78, 5) is 26.3. The number of esters is 1. The van der Waals surface area contributed by atoms with Crippen molar-refractivity contribution in [1.29, 1.82) is 0 Å². The van der Waals surface area contributed by atoms with Crippen molar-refractivity contribution in [3.8, 4) is 0 Å². The summed E-state index contributed by atoms with van der Waals surface area (Å²) < 4.78 is 5.95. The van der Waals surface area contributed by atoms with Crippen molar-refractivity contribution in [3.63, 3.8) is 0 Å². The Morgan fingerprint density at radius 1 is 0.456 bits per heavy atom. The number of hydrogen-bond acceptors (Lipinski definition) is 5.